The number of pyridine rings is 1. The van der Waals surface area contributed by atoms with Gasteiger partial charge in [0.15, 0.2) is 0 Å². The highest BCUT2D eigenvalue weighted by atomic mass is 35.5. The molecule has 0 spiro atoms. The lowest BCUT2D eigenvalue weighted by atomic mass is 10.1. The number of aryl methyl sites for hydroxylation is 1. The maximum Gasteiger partial charge on any atom is 0.0945 e. The molecule has 0 aliphatic carbocycles. The lowest BCUT2D eigenvalue weighted by molar-refractivity contribution is 0.824. The number of aromatic nitrogens is 2. The average molecular weight is 325 g/mol. The van der Waals surface area contributed by atoms with Crippen LogP contribution in [-0.4, -0.2) is 9.55 Å². The van der Waals surface area contributed by atoms with Crippen LogP contribution in [0.2, 0.25) is 0 Å². The smallest absolute Gasteiger partial charge is 0.0945 e. The lowest BCUT2D eigenvalue weighted by Crippen LogP contribution is -1.99. The number of hydrogen-bond donors (Lipinski definition) is 0. The number of fused-ring (bicyclic) bond motifs is 1. The Balaban J connectivity index is 0.00000192. The number of hydrogen-bond acceptors (Lipinski definition) is 1. The largest absolute Gasteiger partial charge is 0.339 e. The summed E-state index contributed by atoms with van der Waals surface area (Å²) < 4.78 is 2.29. The molecule has 0 amide bonds. The molecule has 0 aliphatic rings. The van der Waals surface area contributed by atoms with Crippen molar-refractivity contribution in [3.05, 3.63) is 72.6 Å². The van der Waals surface area contributed by atoms with Gasteiger partial charge in [-0.05, 0) is 31.0 Å². The third-order valence-corrected chi connectivity index (χ3v) is 4.28. The second-order valence-corrected chi connectivity index (χ2v) is 5.49. The van der Waals surface area contributed by atoms with E-state index in [1.165, 1.54) is 22.2 Å². The number of nitrogens with zero attached hydrogens (tertiary/aromatic N) is 2. The van der Waals surface area contributed by atoms with Crippen LogP contribution in [0.5, 0.6) is 0 Å². The summed E-state index contributed by atoms with van der Waals surface area (Å²) in [5.74, 6) is 0. The Morgan fingerprint density at radius 2 is 1.78 bits per heavy atom. The molecule has 0 bridgehead atoms. The zero-order chi connectivity index (χ0) is 15.7. The van der Waals surface area contributed by atoms with Crippen molar-refractivity contribution in [2.75, 3.05) is 0 Å². The highest BCUT2D eigenvalue weighted by Crippen LogP contribution is 2.32. The van der Waals surface area contributed by atoms with Crippen LogP contribution in [-0.2, 0) is 6.54 Å². The molecule has 0 fully saturated rings. The maximum atomic E-state index is 4.65. The molecule has 2 heterocycles. The molecule has 0 N–H and O–H groups in total. The molecule has 0 unspecified atom stereocenters. The van der Waals surface area contributed by atoms with Gasteiger partial charge in [0.25, 0.3) is 0 Å². The summed E-state index contributed by atoms with van der Waals surface area (Å²) in [5, 5.41) is 1.26. The Morgan fingerprint density at radius 1 is 1.09 bits per heavy atom. The Hall–Kier alpha value is -2.32. The van der Waals surface area contributed by atoms with Crippen LogP contribution in [0, 0.1) is 13.8 Å². The maximum absolute atomic E-state index is 4.65. The molecule has 0 saturated heterocycles. The molecule has 3 rings (SSSR count). The molecule has 2 nitrogen and oxygen atoms in total. The Morgan fingerprint density at radius 3 is 2.39 bits per heavy atom. The Labute approximate surface area is 143 Å². The van der Waals surface area contributed by atoms with E-state index in [2.05, 4.69) is 66.9 Å². The van der Waals surface area contributed by atoms with Crippen molar-refractivity contribution in [3.8, 4) is 11.3 Å². The molecule has 0 saturated carbocycles. The average Bonchev–Trinajstić information content (AvgIpc) is 2.80. The van der Waals surface area contributed by atoms with E-state index in [1.54, 1.807) is 0 Å². The van der Waals surface area contributed by atoms with E-state index in [-0.39, 0.29) is 12.4 Å². The zero-order valence-corrected chi connectivity index (χ0v) is 14.4. The van der Waals surface area contributed by atoms with Gasteiger partial charge in [-0.1, -0.05) is 43.0 Å². The molecule has 2 aromatic heterocycles. The number of halogens is 1. The predicted molar refractivity (Wildman–Crippen MR) is 102 cm³/mol. The fourth-order valence-electron chi connectivity index (χ4n) is 2.94. The summed E-state index contributed by atoms with van der Waals surface area (Å²) in [5.41, 5.74) is 7.02. The fourth-order valence-corrected chi connectivity index (χ4v) is 2.94. The van der Waals surface area contributed by atoms with Crippen LogP contribution in [0.3, 0.4) is 0 Å². The van der Waals surface area contributed by atoms with Crippen molar-refractivity contribution in [1.82, 2.24) is 9.55 Å². The lowest BCUT2D eigenvalue weighted by Gasteiger charge is -2.09. The summed E-state index contributed by atoms with van der Waals surface area (Å²) in [6, 6.07) is 10.5. The topological polar surface area (TPSA) is 17.8 Å². The highest BCUT2D eigenvalue weighted by Gasteiger charge is 2.15. The van der Waals surface area contributed by atoms with Crippen molar-refractivity contribution < 1.29 is 0 Å². The molecule has 0 atom stereocenters. The molecule has 1 aromatic carbocycles. The Bertz CT molecular complexity index is 857. The van der Waals surface area contributed by atoms with Gasteiger partial charge >= 0.3 is 0 Å². The standard InChI is InChI=1S/C20H20N2.ClH/c1-5-13-22-15(4)14(3)18-11-12-21-19(20(18)22)17-9-7-16(6-2)8-10-17;/h5-12H,1-2,13H2,3-4H3;1H. The second kappa shape index (κ2) is 6.84. The quantitative estimate of drug-likeness (QED) is 0.573. The van der Waals surface area contributed by atoms with E-state index in [9.17, 15) is 0 Å². The molecule has 3 aromatic rings. The van der Waals surface area contributed by atoms with Gasteiger partial charge in [0.1, 0.15) is 0 Å². The van der Waals surface area contributed by atoms with Gasteiger partial charge in [-0.15, -0.1) is 19.0 Å². The number of benzene rings is 1. The third-order valence-electron chi connectivity index (χ3n) is 4.28. The highest BCUT2D eigenvalue weighted by molar-refractivity contribution is 5.95. The van der Waals surface area contributed by atoms with Crippen LogP contribution in [0.15, 0.2) is 55.8 Å². The van der Waals surface area contributed by atoms with Gasteiger partial charge < -0.3 is 4.57 Å². The number of allylic oxidation sites excluding steroid dienone is 1. The minimum atomic E-state index is 0. The van der Waals surface area contributed by atoms with E-state index >= 15 is 0 Å². The fraction of sp³-hybridized carbons (Fsp3) is 0.150. The molecule has 0 aliphatic heterocycles. The van der Waals surface area contributed by atoms with Crippen molar-refractivity contribution in [2.45, 2.75) is 20.4 Å². The normalized spacial score (nSPS) is 10.3. The van der Waals surface area contributed by atoms with Gasteiger partial charge in [0, 0.05) is 29.4 Å². The van der Waals surface area contributed by atoms with Crippen molar-refractivity contribution in [2.24, 2.45) is 0 Å². The molecule has 118 valence electrons. The summed E-state index contributed by atoms with van der Waals surface area (Å²) in [6.07, 6.45) is 5.68. The van der Waals surface area contributed by atoms with E-state index in [1.807, 2.05) is 18.3 Å². The first-order valence-corrected chi connectivity index (χ1v) is 7.45. The minimum absolute atomic E-state index is 0. The van der Waals surface area contributed by atoms with Crippen molar-refractivity contribution >= 4 is 29.4 Å². The zero-order valence-electron chi connectivity index (χ0n) is 13.5. The van der Waals surface area contributed by atoms with Crippen LogP contribution in [0.1, 0.15) is 16.8 Å². The van der Waals surface area contributed by atoms with E-state index in [4.69, 9.17) is 0 Å². The predicted octanol–water partition coefficient (Wildman–Crippen LogP) is 5.57. The first-order valence-electron chi connectivity index (χ1n) is 7.45. The minimum Gasteiger partial charge on any atom is -0.339 e. The van der Waals surface area contributed by atoms with E-state index in [0.29, 0.717) is 0 Å². The molecular formula is C20H21ClN2. The SMILES string of the molecule is C=CCn1c(C)c(C)c2ccnc(-c3ccc(C=C)cc3)c21.Cl. The first-order chi connectivity index (χ1) is 10.7. The van der Waals surface area contributed by atoms with Gasteiger partial charge in [0.2, 0.25) is 0 Å². The third kappa shape index (κ3) is 2.82. The van der Waals surface area contributed by atoms with Crippen LogP contribution in [0.4, 0.5) is 0 Å². The molecule has 23 heavy (non-hydrogen) atoms. The van der Waals surface area contributed by atoms with Crippen LogP contribution < -0.4 is 0 Å². The van der Waals surface area contributed by atoms with E-state index < -0.39 is 0 Å². The van der Waals surface area contributed by atoms with E-state index in [0.717, 1.165) is 23.4 Å². The second-order valence-electron chi connectivity index (χ2n) is 5.49. The van der Waals surface area contributed by atoms with Crippen molar-refractivity contribution in [3.63, 3.8) is 0 Å². The van der Waals surface area contributed by atoms with Crippen LogP contribution >= 0.6 is 12.4 Å². The van der Waals surface area contributed by atoms with Gasteiger partial charge in [-0.25, -0.2) is 0 Å². The monoisotopic (exact) mass is 324 g/mol. The molecular weight excluding hydrogens is 304 g/mol. The van der Waals surface area contributed by atoms with Gasteiger partial charge in [-0.3, -0.25) is 4.98 Å². The molecule has 3 heteroatoms. The summed E-state index contributed by atoms with van der Waals surface area (Å²) in [7, 11) is 0. The summed E-state index contributed by atoms with van der Waals surface area (Å²) >= 11 is 0. The van der Waals surface area contributed by atoms with Gasteiger partial charge in [0.05, 0.1) is 11.2 Å². The Kier molecular flexibility index (Phi) is 5.07. The van der Waals surface area contributed by atoms with Crippen LogP contribution in [0.25, 0.3) is 28.2 Å². The number of rotatable bonds is 4. The summed E-state index contributed by atoms with van der Waals surface area (Å²) in [6.45, 7) is 12.8. The first kappa shape index (κ1) is 17.0. The molecule has 0 radical (unpaired) electrons. The van der Waals surface area contributed by atoms with Gasteiger partial charge in [-0.2, -0.15) is 0 Å². The summed E-state index contributed by atoms with van der Waals surface area (Å²) in [4.78, 5) is 4.65. The van der Waals surface area contributed by atoms with Crippen molar-refractivity contribution in [1.29, 1.82) is 0 Å².